The van der Waals surface area contributed by atoms with Crippen molar-refractivity contribution >= 4 is 21.7 Å². The number of nitrogens with one attached hydrogen (secondary N) is 1. The molecule has 5 heteroatoms. The third-order valence-electron chi connectivity index (χ3n) is 3.27. The van der Waals surface area contributed by atoms with Crippen molar-refractivity contribution in [2.24, 2.45) is 5.92 Å². The Morgan fingerprint density at radius 3 is 2.94 bits per heavy atom. The number of nitrogens with zero attached hydrogens (tertiary/aromatic N) is 1. The average Bonchev–Trinajstić information content (AvgIpc) is 2.33. The van der Waals surface area contributed by atoms with E-state index in [2.05, 4.69) is 26.2 Å². The van der Waals surface area contributed by atoms with Gasteiger partial charge in [0, 0.05) is 29.2 Å². The Kier molecular flexibility index (Phi) is 4.34. The highest BCUT2D eigenvalue weighted by Gasteiger charge is 2.25. The lowest BCUT2D eigenvalue weighted by Crippen LogP contribution is -2.34. The van der Waals surface area contributed by atoms with Crippen molar-refractivity contribution < 1.29 is 9.50 Å². The number of aromatic nitrogens is 1. The fourth-order valence-corrected chi connectivity index (χ4v) is 2.62. The predicted molar refractivity (Wildman–Crippen MR) is 68.3 cm³/mol. The summed E-state index contributed by atoms with van der Waals surface area (Å²) in [6, 6.07) is 1.52. The van der Waals surface area contributed by atoms with Crippen LogP contribution in [-0.4, -0.2) is 22.7 Å². The molecule has 1 saturated carbocycles. The summed E-state index contributed by atoms with van der Waals surface area (Å²) in [6.07, 6.45) is 5.78. The van der Waals surface area contributed by atoms with Crippen molar-refractivity contribution in [2.45, 2.75) is 31.7 Å². The fourth-order valence-electron chi connectivity index (χ4n) is 2.31. The molecule has 0 aromatic carbocycles. The zero-order valence-corrected chi connectivity index (χ0v) is 11.1. The van der Waals surface area contributed by atoms with Crippen LogP contribution in [0, 0.1) is 11.7 Å². The van der Waals surface area contributed by atoms with Crippen LogP contribution in [0.25, 0.3) is 0 Å². The highest BCUT2D eigenvalue weighted by atomic mass is 79.9. The molecule has 1 aliphatic carbocycles. The Balaban J connectivity index is 2.08. The third kappa shape index (κ3) is 3.16. The Morgan fingerprint density at radius 2 is 2.24 bits per heavy atom. The van der Waals surface area contributed by atoms with Crippen LogP contribution >= 0.6 is 15.9 Å². The molecule has 3 nitrogen and oxygen atoms in total. The van der Waals surface area contributed by atoms with E-state index < -0.39 is 0 Å². The number of hydrogen-bond acceptors (Lipinski definition) is 3. The molecule has 1 heterocycles. The van der Waals surface area contributed by atoms with E-state index in [1.807, 2.05) is 0 Å². The molecule has 0 radical (unpaired) electrons. The summed E-state index contributed by atoms with van der Waals surface area (Å²) in [5.41, 5.74) is 0. The van der Waals surface area contributed by atoms with Gasteiger partial charge in [-0.2, -0.15) is 0 Å². The average molecular weight is 303 g/mol. The van der Waals surface area contributed by atoms with Crippen LogP contribution in [0.3, 0.4) is 0 Å². The minimum absolute atomic E-state index is 0.122. The molecular weight excluding hydrogens is 287 g/mol. The van der Waals surface area contributed by atoms with Gasteiger partial charge in [-0.25, -0.2) is 9.37 Å². The van der Waals surface area contributed by atoms with E-state index in [0.29, 0.717) is 4.47 Å². The molecule has 1 aliphatic rings. The molecule has 1 aromatic rings. The van der Waals surface area contributed by atoms with Crippen LogP contribution in [0.4, 0.5) is 10.2 Å². The minimum Gasteiger partial charge on any atom is -0.396 e. The van der Waals surface area contributed by atoms with Crippen molar-refractivity contribution in [1.82, 2.24) is 4.98 Å². The van der Waals surface area contributed by atoms with Gasteiger partial charge in [-0.1, -0.05) is 12.8 Å². The summed E-state index contributed by atoms with van der Waals surface area (Å²) in [4.78, 5) is 4.03. The number of halogens is 2. The van der Waals surface area contributed by atoms with Crippen LogP contribution < -0.4 is 5.32 Å². The summed E-state index contributed by atoms with van der Waals surface area (Å²) < 4.78 is 14.2. The van der Waals surface area contributed by atoms with Crippen LogP contribution in [0.5, 0.6) is 0 Å². The molecule has 2 N–H and O–H groups in total. The second-order valence-electron chi connectivity index (χ2n) is 4.46. The molecular formula is C12H16BrFN2O. The van der Waals surface area contributed by atoms with Crippen LogP contribution in [-0.2, 0) is 0 Å². The quantitative estimate of drug-likeness (QED) is 0.902. The molecule has 1 aromatic heterocycles. The lowest BCUT2D eigenvalue weighted by molar-refractivity contribution is 0.178. The second kappa shape index (κ2) is 5.78. The molecule has 0 aliphatic heterocycles. The normalized spacial score (nSPS) is 24.6. The van der Waals surface area contributed by atoms with Crippen LogP contribution in [0.15, 0.2) is 16.7 Å². The van der Waals surface area contributed by atoms with Crippen molar-refractivity contribution in [3.63, 3.8) is 0 Å². The highest BCUT2D eigenvalue weighted by molar-refractivity contribution is 9.10. The number of aliphatic hydroxyl groups is 1. The largest absolute Gasteiger partial charge is 0.396 e. The van der Waals surface area contributed by atoms with Gasteiger partial charge >= 0.3 is 0 Å². The number of aliphatic hydroxyl groups excluding tert-OH is 1. The van der Waals surface area contributed by atoms with Gasteiger partial charge < -0.3 is 10.4 Å². The molecule has 0 bridgehead atoms. The maximum absolute atomic E-state index is 13.6. The van der Waals surface area contributed by atoms with E-state index >= 15 is 0 Å². The Morgan fingerprint density at radius 1 is 1.47 bits per heavy atom. The van der Waals surface area contributed by atoms with Gasteiger partial charge in [-0.3, -0.25) is 0 Å². The van der Waals surface area contributed by atoms with E-state index in [-0.39, 0.29) is 30.2 Å². The maximum atomic E-state index is 13.6. The predicted octanol–water partition coefficient (Wildman–Crippen LogP) is 2.95. The highest BCUT2D eigenvalue weighted by Crippen LogP contribution is 2.27. The Hall–Kier alpha value is -0.680. The van der Waals surface area contributed by atoms with Crippen molar-refractivity contribution in [1.29, 1.82) is 0 Å². The first-order valence-electron chi connectivity index (χ1n) is 5.89. The number of hydrogen-bond donors (Lipinski definition) is 2. The SMILES string of the molecule is OCC1CCCCC1Nc1ncc(Br)cc1F. The van der Waals surface area contributed by atoms with Crippen molar-refractivity contribution in [3.8, 4) is 0 Å². The molecule has 2 atom stereocenters. The molecule has 0 saturated heterocycles. The van der Waals surface area contributed by atoms with E-state index in [4.69, 9.17) is 0 Å². The molecule has 94 valence electrons. The minimum atomic E-state index is -0.360. The molecule has 17 heavy (non-hydrogen) atoms. The molecule has 2 rings (SSSR count). The Bertz CT molecular complexity index is 389. The standard InChI is InChI=1S/C12H16BrFN2O/c13-9-5-10(14)12(15-6-9)16-11-4-2-1-3-8(11)7-17/h5-6,8,11,17H,1-4,7H2,(H,15,16). The number of rotatable bonds is 3. The van der Waals surface area contributed by atoms with Gasteiger partial charge in [0.15, 0.2) is 11.6 Å². The van der Waals surface area contributed by atoms with Gasteiger partial charge in [0.25, 0.3) is 0 Å². The first kappa shape index (κ1) is 12.8. The molecule has 1 fully saturated rings. The van der Waals surface area contributed by atoms with E-state index in [1.54, 1.807) is 6.20 Å². The summed E-state index contributed by atoms with van der Waals surface area (Å²) in [7, 11) is 0. The van der Waals surface area contributed by atoms with E-state index in [0.717, 1.165) is 25.7 Å². The van der Waals surface area contributed by atoms with Crippen LogP contribution in [0.2, 0.25) is 0 Å². The van der Waals surface area contributed by atoms with Gasteiger partial charge in [-0.15, -0.1) is 0 Å². The lowest BCUT2D eigenvalue weighted by atomic mass is 9.85. The first-order valence-corrected chi connectivity index (χ1v) is 6.68. The van der Waals surface area contributed by atoms with Crippen molar-refractivity contribution in [2.75, 3.05) is 11.9 Å². The first-order chi connectivity index (χ1) is 8.20. The summed E-state index contributed by atoms with van der Waals surface area (Å²) in [5.74, 6) is 0.119. The van der Waals surface area contributed by atoms with E-state index in [1.165, 1.54) is 6.07 Å². The zero-order valence-electron chi connectivity index (χ0n) is 9.50. The van der Waals surface area contributed by atoms with Gasteiger partial charge in [0.2, 0.25) is 0 Å². The summed E-state index contributed by atoms with van der Waals surface area (Å²) in [6.45, 7) is 0.149. The smallest absolute Gasteiger partial charge is 0.166 e. The number of pyridine rings is 1. The van der Waals surface area contributed by atoms with Gasteiger partial charge in [-0.05, 0) is 34.8 Å². The lowest BCUT2D eigenvalue weighted by Gasteiger charge is -2.31. The zero-order chi connectivity index (χ0) is 12.3. The summed E-state index contributed by atoms with van der Waals surface area (Å²) in [5, 5.41) is 12.4. The molecule has 0 spiro atoms. The van der Waals surface area contributed by atoms with Crippen LogP contribution in [0.1, 0.15) is 25.7 Å². The summed E-state index contributed by atoms with van der Waals surface area (Å²) >= 11 is 3.18. The third-order valence-corrected chi connectivity index (χ3v) is 3.71. The van der Waals surface area contributed by atoms with Gasteiger partial charge in [0.1, 0.15) is 0 Å². The molecule has 2 unspecified atom stereocenters. The fraction of sp³-hybridized carbons (Fsp3) is 0.583. The van der Waals surface area contributed by atoms with Crippen molar-refractivity contribution in [3.05, 3.63) is 22.6 Å². The second-order valence-corrected chi connectivity index (χ2v) is 5.38. The molecule has 0 amide bonds. The number of anilines is 1. The topological polar surface area (TPSA) is 45.1 Å². The maximum Gasteiger partial charge on any atom is 0.166 e. The van der Waals surface area contributed by atoms with E-state index in [9.17, 15) is 9.50 Å². The van der Waals surface area contributed by atoms with Gasteiger partial charge in [0.05, 0.1) is 0 Å². The monoisotopic (exact) mass is 302 g/mol. The Labute approximate surface area is 109 Å².